The first-order valence-electron chi connectivity index (χ1n) is 6.48. The van der Waals surface area contributed by atoms with E-state index < -0.39 is 23.1 Å². The molecular weight excluding hydrogens is 252 g/mol. The van der Waals surface area contributed by atoms with Gasteiger partial charge in [-0.15, -0.1) is 0 Å². The summed E-state index contributed by atoms with van der Waals surface area (Å²) < 4.78 is 26.8. The van der Waals surface area contributed by atoms with Crippen molar-refractivity contribution in [2.75, 3.05) is 6.54 Å². The summed E-state index contributed by atoms with van der Waals surface area (Å²) in [6, 6.07) is 3.36. The number of benzene rings is 1. The number of amides is 1. The Morgan fingerprint density at radius 2 is 1.79 bits per heavy atom. The average molecular weight is 269 g/mol. The lowest BCUT2D eigenvalue weighted by Gasteiger charge is -2.25. The van der Waals surface area contributed by atoms with E-state index in [1.807, 2.05) is 0 Å². The van der Waals surface area contributed by atoms with Crippen LogP contribution in [0.5, 0.6) is 0 Å². The number of carbonyl (C=O) groups excluding carboxylic acids is 1. The summed E-state index contributed by atoms with van der Waals surface area (Å²) in [7, 11) is 0. The molecule has 1 amide bonds. The monoisotopic (exact) mass is 269 g/mol. The summed E-state index contributed by atoms with van der Waals surface area (Å²) >= 11 is 0. The van der Waals surface area contributed by atoms with E-state index in [2.05, 4.69) is 5.32 Å². The van der Waals surface area contributed by atoms with Crippen LogP contribution in [-0.2, 0) is 0 Å². The molecule has 0 unspecified atom stereocenters. The first-order chi connectivity index (χ1) is 9.08. The van der Waals surface area contributed by atoms with Gasteiger partial charge in [0.15, 0.2) is 0 Å². The topological polar surface area (TPSA) is 49.3 Å². The molecule has 2 rings (SSSR count). The highest BCUT2D eigenvalue weighted by Crippen LogP contribution is 2.23. The molecule has 0 aromatic heterocycles. The van der Waals surface area contributed by atoms with Gasteiger partial charge in [0.05, 0.1) is 6.10 Å². The zero-order valence-electron chi connectivity index (χ0n) is 10.5. The number of hydrogen-bond donors (Lipinski definition) is 2. The van der Waals surface area contributed by atoms with Crippen LogP contribution in [0, 0.1) is 17.6 Å². The second kappa shape index (κ2) is 6.10. The van der Waals surface area contributed by atoms with E-state index in [-0.39, 0.29) is 12.0 Å². The van der Waals surface area contributed by atoms with Gasteiger partial charge in [0.1, 0.15) is 17.2 Å². The number of carbonyl (C=O) groups is 1. The Kier molecular flexibility index (Phi) is 4.47. The first-order valence-corrected chi connectivity index (χ1v) is 6.48. The van der Waals surface area contributed by atoms with E-state index in [1.54, 1.807) is 0 Å². The fraction of sp³-hybridized carbons (Fsp3) is 0.500. The van der Waals surface area contributed by atoms with Gasteiger partial charge in [-0.05, 0) is 43.7 Å². The molecule has 0 heterocycles. The van der Waals surface area contributed by atoms with Crippen molar-refractivity contribution >= 4 is 5.91 Å². The zero-order valence-corrected chi connectivity index (χ0v) is 10.5. The molecular formula is C14H17F2NO2. The number of rotatable bonds is 3. The molecule has 1 aliphatic rings. The fourth-order valence-corrected chi connectivity index (χ4v) is 2.39. The molecule has 1 saturated carbocycles. The smallest absolute Gasteiger partial charge is 0.257 e. The first kappa shape index (κ1) is 13.9. The van der Waals surface area contributed by atoms with Gasteiger partial charge in [-0.25, -0.2) is 8.78 Å². The van der Waals surface area contributed by atoms with Crippen molar-refractivity contribution in [1.29, 1.82) is 0 Å². The Bertz CT molecular complexity index is 437. The number of aliphatic hydroxyl groups excluding tert-OH is 1. The maximum Gasteiger partial charge on any atom is 0.257 e. The summed E-state index contributed by atoms with van der Waals surface area (Å²) in [4.78, 5) is 11.8. The minimum atomic E-state index is -0.850. The van der Waals surface area contributed by atoms with Gasteiger partial charge in [-0.2, -0.15) is 0 Å². The number of aliphatic hydroxyl groups is 1. The van der Waals surface area contributed by atoms with E-state index in [9.17, 15) is 18.7 Å². The molecule has 0 bridgehead atoms. The van der Waals surface area contributed by atoms with Crippen LogP contribution in [0.3, 0.4) is 0 Å². The Balaban J connectivity index is 1.91. The van der Waals surface area contributed by atoms with Gasteiger partial charge in [0.25, 0.3) is 5.91 Å². The van der Waals surface area contributed by atoms with Gasteiger partial charge >= 0.3 is 0 Å². The Labute approximate surface area is 110 Å². The van der Waals surface area contributed by atoms with Crippen molar-refractivity contribution in [2.45, 2.75) is 31.8 Å². The third-order valence-electron chi connectivity index (χ3n) is 3.56. The molecule has 3 nitrogen and oxygen atoms in total. The van der Waals surface area contributed by atoms with E-state index >= 15 is 0 Å². The van der Waals surface area contributed by atoms with E-state index in [0.29, 0.717) is 19.4 Å². The van der Waals surface area contributed by atoms with E-state index in [1.165, 1.54) is 6.07 Å². The molecule has 0 atom stereocenters. The van der Waals surface area contributed by atoms with Crippen LogP contribution < -0.4 is 5.32 Å². The second-order valence-corrected chi connectivity index (χ2v) is 4.98. The Morgan fingerprint density at radius 3 is 2.37 bits per heavy atom. The maximum absolute atomic E-state index is 13.4. The SMILES string of the molecule is O=C(NCC1CCC(O)CC1)c1c(F)cccc1F. The van der Waals surface area contributed by atoms with Crippen LogP contribution in [0.25, 0.3) is 0 Å². The molecule has 1 aromatic rings. The molecule has 1 fully saturated rings. The van der Waals surface area contributed by atoms with Crippen molar-refractivity contribution in [2.24, 2.45) is 5.92 Å². The predicted molar refractivity (Wildman–Crippen MR) is 66.7 cm³/mol. The Hall–Kier alpha value is -1.49. The quantitative estimate of drug-likeness (QED) is 0.884. The third-order valence-corrected chi connectivity index (χ3v) is 3.56. The summed E-state index contributed by atoms with van der Waals surface area (Å²) in [5, 5.41) is 11.9. The van der Waals surface area contributed by atoms with Crippen LogP contribution in [-0.4, -0.2) is 23.7 Å². The van der Waals surface area contributed by atoms with E-state index in [0.717, 1.165) is 25.0 Å². The van der Waals surface area contributed by atoms with Crippen molar-refractivity contribution in [3.63, 3.8) is 0 Å². The zero-order chi connectivity index (χ0) is 13.8. The van der Waals surface area contributed by atoms with Crippen LogP contribution in [0.15, 0.2) is 18.2 Å². The average Bonchev–Trinajstić information content (AvgIpc) is 2.38. The molecule has 0 radical (unpaired) electrons. The standard InChI is InChI=1S/C14H17F2NO2/c15-11-2-1-3-12(16)13(11)14(19)17-8-9-4-6-10(18)7-5-9/h1-3,9-10,18H,4-8H2,(H,17,19). The lowest BCUT2D eigenvalue weighted by Crippen LogP contribution is -2.33. The minimum Gasteiger partial charge on any atom is -0.393 e. The van der Waals surface area contributed by atoms with Crippen LogP contribution >= 0.6 is 0 Å². The summed E-state index contributed by atoms with van der Waals surface area (Å²) in [6.45, 7) is 0.388. The van der Waals surface area contributed by atoms with Gasteiger partial charge in [0.2, 0.25) is 0 Å². The molecule has 0 aliphatic heterocycles. The highest BCUT2D eigenvalue weighted by atomic mass is 19.1. The van der Waals surface area contributed by atoms with Crippen molar-refractivity contribution < 1.29 is 18.7 Å². The third kappa shape index (κ3) is 3.50. The minimum absolute atomic E-state index is 0.254. The van der Waals surface area contributed by atoms with Crippen LogP contribution in [0.1, 0.15) is 36.0 Å². The van der Waals surface area contributed by atoms with Gasteiger partial charge in [-0.1, -0.05) is 6.07 Å². The van der Waals surface area contributed by atoms with Crippen molar-refractivity contribution in [1.82, 2.24) is 5.32 Å². The normalized spacial score (nSPS) is 23.1. The van der Waals surface area contributed by atoms with Gasteiger partial charge in [-0.3, -0.25) is 4.79 Å². The van der Waals surface area contributed by atoms with Crippen LogP contribution in [0.2, 0.25) is 0 Å². The highest BCUT2D eigenvalue weighted by Gasteiger charge is 2.21. The lowest BCUT2D eigenvalue weighted by atomic mass is 9.87. The molecule has 2 N–H and O–H groups in total. The van der Waals surface area contributed by atoms with Gasteiger partial charge in [0, 0.05) is 6.54 Å². The Morgan fingerprint density at radius 1 is 1.21 bits per heavy atom. The molecule has 0 spiro atoms. The molecule has 1 aliphatic carbocycles. The maximum atomic E-state index is 13.4. The summed E-state index contributed by atoms with van der Waals surface area (Å²) in [6.07, 6.45) is 2.82. The number of halogens is 2. The van der Waals surface area contributed by atoms with Crippen molar-refractivity contribution in [3.8, 4) is 0 Å². The van der Waals surface area contributed by atoms with Crippen LogP contribution in [0.4, 0.5) is 8.78 Å². The summed E-state index contributed by atoms with van der Waals surface area (Å²) in [5.74, 6) is -2.16. The predicted octanol–water partition coefficient (Wildman–Crippen LogP) is 2.25. The highest BCUT2D eigenvalue weighted by molar-refractivity contribution is 5.94. The fourth-order valence-electron chi connectivity index (χ4n) is 2.39. The molecule has 0 saturated heterocycles. The molecule has 104 valence electrons. The lowest BCUT2D eigenvalue weighted by molar-refractivity contribution is 0.0903. The summed E-state index contributed by atoms with van der Waals surface area (Å²) in [5.41, 5.74) is -0.529. The van der Waals surface area contributed by atoms with Crippen molar-refractivity contribution in [3.05, 3.63) is 35.4 Å². The number of hydrogen-bond acceptors (Lipinski definition) is 2. The molecule has 1 aromatic carbocycles. The molecule has 19 heavy (non-hydrogen) atoms. The second-order valence-electron chi connectivity index (χ2n) is 4.98. The molecule has 5 heteroatoms. The van der Waals surface area contributed by atoms with Gasteiger partial charge < -0.3 is 10.4 Å². The number of nitrogens with one attached hydrogen (secondary N) is 1. The van der Waals surface area contributed by atoms with E-state index in [4.69, 9.17) is 0 Å². The largest absolute Gasteiger partial charge is 0.393 e.